The lowest BCUT2D eigenvalue weighted by molar-refractivity contribution is -0.117. The molecule has 0 saturated carbocycles. The topological polar surface area (TPSA) is 97.1 Å². The quantitative estimate of drug-likeness (QED) is 0.311. The standard InChI is InChI=1S/C25H28N4O2/c26-22-15-14-20(19-9-4-3-5-10-19)17-23(22)29-25(31)13-7-2-1-6-12-24(30)28-21-11-8-16-27-18-21/h3-5,8-11,14-18H,1-2,6-7,12-13,26H2,(H,28,30)(H,29,31). The summed E-state index contributed by atoms with van der Waals surface area (Å²) in [4.78, 5) is 28.2. The summed E-state index contributed by atoms with van der Waals surface area (Å²) < 4.78 is 0. The molecule has 1 aromatic heterocycles. The Kier molecular flexibility index (Phi) is 8.17. The maximum atomic E-state index is 12.3. The molecule has 3 rings (SSSR count). The van der Waals surface area contributed by atoms with Gasteiger partial charge in [-0.1, -0.05) is 49.2 Å². The highest BCUT2D eigenvalue weighted by Gasteiger charge is 2.08. The van der Waals surface area contributed by atoms with Crippen LogP contribution in [0.3, 0.4) is 0 Å². The van der Waals surface area contributed by atoms with Crippen LogP contribution in [-0.4, -0.2) is 16.8 Å². The van der Waals surface area contributed by atoms with Crippen LogP contribution in [0, 0.1) is 0 Å². The fourth-order valence-electron chi connectivity index (χ4n) is 3.27. The van der Waals surface area contributed by atoms with Crippen molar-refractivity contribution in [2.75, 3.05) is 16.4 Å². The number of nitrogens with zero attached hydrogens (tertiary/aromatic N) is 1. The van der Waals surface area contributed by atoms with E-state index in [-0.39, 0.29) is 11.8 Å². The van der Waals surface area contributed by atoms with Gasteiger partial charge in [0.15, 0.2) is 0 Å². The monoisotopic (exact) mass is 416 g/mol. The van der Waals surface area contributed by atoms with Crippen LogP contribution in [-0.2, 0) is 9.59 Å². The van der Waals surface area contributed by atoms with Crippen LogP contribution in [0.15, 0.2) is 73.1 Å². The molecular weight excluding hydrogens is 388 g/mol. The molecule has 0 bridgehead atoms. The molecule has 0 unspecified atom stereocenters. The van der Waals surface area contributed by atoms with Crippen LogP contribution < -0.4 is 16.4 Å². The molecule has 0 spiro atoms. The molecule has 2 aromatic carbocycles. The zero-order chi connectivity index (χ0) is 21.9. The Morgan fingerprint density at radius 1 is 0.774 bits per heavy atom. The number of nitrogens with two attached hydrogens (primary N) is 1. The molecule has 0 fully saturated rings. The number of amides is 2. The zero-order valence-electron chi connectivity index (χ0n) is 17.5. The molecule has 6 heteroatoms. The van der Waals surface area contributed by atoms with Gasteiger partial charge in [-0.15, -0.1) is 0 Å². The minimum absolute atomic E-state index is 0.0143. The van der Waals surface area contributed by atoms with Crippen molar-refractivity contribution < 1.29 is 9.59 Å². The maximum absolute atomic E-state index is 12.3. The van der Waals surface area contributed by atoms with Crippen LogP contribution in [0.2, 0.25) is 0 Å². The van der Waals surface area contributed by atoms with Gasteiger partial charge < -0.3 is 16.4 Å². The molecule has 4 N–H and O–H groups in total. The van der Waals surface area contributed by atoms with E-state index in [9.17, 15) is 9.59 Å². The number of rotatable bonds is 10. The van der Waals surface area contributed by atoms with Gasteiger partial charge >= 0.3 is 0 Å². The molecule has 0 saturated heterocycles. The summed E-state index contributed by atoms with van der Waals surface area (Å²) in [6.45, 7) is 0. The zero-order valence-corrected chi connectivity index (χ0v) is 17.5. The van der Waals surface area contributed by atoms with E-state index in [4.69, 9.17) is 5.73 Å². The highest BCUT2D eigenvalue weighted by Crippen LogP contribution is 2.27. The van der Waals surface area contributed by atoms with Crippen molar-refractivity contribution in [3.05, 3.63) is 73.1 Å². The van der Waals surface area contributed by atoms with Crippen molar-refractivity contribution in [1.29, 1.82) is 0 Å². The van der Waals surface area contributed by atoms with Crippen LogP contribution >= 0.6 is 0 Å². The first kappa shape index (κ1) is 22.0. The smallest absolute Gasteiger partial charge is 0.224 e. The summed E-state index contributed by atoms with van der Waals surface area (Å²) in [5.41, 5.74) is 10.0. The third kappa shape index (κ3) is 7.26. The molecule has 0 atom stereocenters. The van der Waals surface area contributed by atoms with Gasteiger partial charge in [-0.3, -0.25) is 14.6 Å². The number of carbonyl (C=O) groups is 2. The first-order chi connectivity index (χ1) is 15.1. The summed E-state index contributed by atoms with van der Waals surface area (Å²) in [5.74, 6) is -0.0641. The second-order valence-corrected chi connectivity index (χ2v) is 7.42. The van der Waals surface area contributed by atoms with E-state index in [2.05, 4.69) is 15.6 Å². The van der Waals surface area contributed by atoms with E-state index >= 15 is 0 Å². The van der Waals surface area contributed by atoms with Gasteiger partial charge in [0.2, 0.25) is 11.8 Å². The number of unbranched alkanes of at least 4 members (excludes halogenated alkanes) is 3. The van der Waals surface area contributed by atoms with Gasteiger partial charge in [0.25, 0.3) is 0 Å². The van der Waals surface area contributed by atoms with Gasteiger partial charge in [0, 0.05) is 19.0 Å². The minimum atomic E-state index is -0.0498. The Bertz CT molecular complexity index is 991. The molecule has 0 aliphatic carbocycles. The number of nitrogens with one attached hydrogen (secondary N) is 2. The highest BCUT2D eigenvalue weighted by molar-refractivity contribution is 5.95. The molecule has 0 radical (unpaired) electrons. The Morgan fingerprint density at radius 3 is 2.16 bits per heavy atom. The molecule has 0 aliphatic heterocycles. The summed E-state index contributed by atoms with van der Waals surface area (Å²) in [6, 6.07) is 19.2. The molecule has 31 heavy (non-hydrogen) atoms. The van der Waals surface area contributed by atoms with E-state index < -0.39 is 0 Å². The minimum Gasteiger partial charge on any atom is -0.397 e. The Labute approximate surface area is 182 Å². The average Bonchev–Trinajstić information content (AvgIpc) is 2.79. The molecule has 2 amide bonds. The normalized spacial score (nSPS) is 10.5. The largest absolute Gasteiger partial charge is 0.397 e. The van der Waals surface area contributed by atoms with Crippen molar-refractivity contribution >= 4 is 28.9 Å². The second-order valence-electron chi connectivity index (χ2n) is 7.42. The van der Waals surface area contributed by atoms with E-state index in [1.165, 1.54) is 0 Å². The number of carbonyl (C=O) groups excluding carboxylic acids is 2. The molecule has 1 heterocycles. The third-order valence-corrected chi connectivity index (χ3v) is 4.94. The van der Waals surface area contributed by atoms with Crippen LogP contribution in [0.1, 0.15) is 38.5 Å². The first-order valence-electron chi connectivity index (χ1n) is 10.6. The number of hydrogen-bond acceptors (Lipinski definition) is 4. The van der Waals surface area contributed by atoms with E-state index in [1.54, 1.807) is 18.5 Å². The van der Waals surface area contributed by atoms with Gasteiger partial charge in [-0.05, 0) is 48.2 Å². The van der Waals surface area contributed by atoms with Crippen molar-refractivity contribution in [3.8, 4) is 11.1 Å². The molecule has 6 nitrogen and oxygen atoms in total. The number of pyridine rings is 1. The summed E-state index contributed by atoms with van der Waals surface area (Å²) >= 11 is 0. The third-order valence-electron chi connectivity index (χ3n) is 4.94. The lowest BCUT2D eigenvalue weighted by Crippen LogP contribution is -2.13. The number of anilines is 3. The maximum Gasteiger partial charge on any atom is 0.224 e. The predicted molar refractivity (Wildman–Crippen MR) is 125 cm³/mol. The fourth-order valence-corrected chi connectivity index (χ4v) is 3.27. The molecular formula is C25H28N4O2. The van der Waals surface area contributed by atoms with Crippen molar-refractivity contribution in [1.82, 2.24) is 4.98 Å². The predicted octanol–water partition coefficient (Wildman–Crippen LogP) is 5.25. The Balaban J connectivity index is 1.35. The lowest BCUT2D eigenvalue weighted by Gasteiger charge is -2.11. The number of nitrogen functional groups attached to an aromatic ring is 1. The van der Waals surface area contributed by atoms with Crippen LogP contribution in [0.25, 0.3) is 11.1 Å². The summed E-state index contributed by atoms with van der Waals surface area (Å²) in [6.07, 6.45) is 7.54. The fraction of sp³-hybridized carbons (Fsp3) is 0.240. The van der Waals surface area contributed by atoms with E-state index in [0.717, 1.165) is 36.8 Å². The summed E-state index contributed by atoms with van der Waals surface area (Å²) in [7, 11) is 0. The van der Waals surface area contributed by atoms with Crippen molar-refractivity contribution in [2.45, 2.75) is 38.5 Å². The number of benzene rings is 2. The van der Waals surface area contributed by atoms with Gasteiger partial charge in [0.1, 0.15) is 0 Å². The SMILES string of the molecule is Nc1ccc(-c2ccccc2)cc1NC(=O)CCCCCCC(=O)Nc1cccnc1. The first-order valence-corrected chi connectivity index (χ1v) is 10.6. The molecule has 160 valence electrons. The second kappa shape index (κ2) is 11.5. The van der Waals surface area contributed by atoms with Crippen LogP contribution in [0.5, 0.6) is 0 Å². The Hall–Kier alpha value is -3.67. The number of hydrogen-bond donors (Lipinski definition) is 3. The lowest BCUT2D eigenvalue weighted by atomic mass is 10.0. The van der Waals surface area contributed by atoms with Gasteiger partial charge in [0.05, 0.1) is 23.3 Å². The average molecular weight is 417 g/mol. The number of aromatic nitrogens is 1. The highest BCUT2D eigenvalue weighted by atomic mass is 16.2. The van der Waals surface area contributed by atoms with Crippen molar-refractivity contribution in [2.24, 2.45) is 0 Å². The van der Waals surface area contributed by atoms with Crippen molar-refractivity contribution in [3.63, 3.8) is 0 Å². The van der Waals surface area contributed by atoms with Gasteiger partial charge in [-0.25, -0.2) is 0 Å². The molecule has 3 aromatic rings. The molecule has 0 aliphatic rings. The van der Waals surface area contributed by atoms with Crippen LogP contribution in [0.4, 0.5) is 17.1 Å². The van der Waals surface area contributed by atoms with E-state index in [0.29, 0.717) is 29.9 Å². The summed E-state index contributed by atoms with van der Waals surface area (Å²) in [5, 5.41) is 5.75. The Morgan fingerprint density at radius 2 is 1.48 bits per heavy atom. The van der Waals surface area contributed by atoms with E-state index in [1.807, 2.05) is 54.6 Å². The van der Waals surface area contributed by atoms with Gasteiger partial charge in [-0.2, -0.15) is 0 Å².